The van der Waals surface area contributed by atoms with E-state index in [0.29, 0.717) is 52.3 Å². The van der Waals surface area contributed by atoms with Gasteiger partial charge in [-0.15, -0.1) is 0 Å². The van der Waals surface area contributed by atoms with Gasteiger partial charge in [-0.25, -0.2) is 8.42 Å². The standard InChI is InChI=1S/C36H48N8O4S/c1-22(2)48-30-21-27(26-12-17-43(18-13-26)19-14-32(45)44-15-9-16-44)24(5)20-29(30)38-36-39-34(33-25(6)41-42-35(33)40-36)37-28-10-7-8-11-31(28)49(46,47)23(3)4/h7-8,10-11,20-23,26H,9,12-19H2,1-6H3,(H3,37,38,39,40,41,42). The maximum Gasteiger partial charge on any atom is 0.231 e. The van der Waals surface area contributed by atoms with Gasteiger partial charge in [0, 0.05) is 26.1 Å². The molecule has 0 radical (unpaired) electrons. The molecule has 49 heavy (non-hydrogen) atoms. The first kappa shape index (κ1) is 34.6. The van der Waals surface area contributed by atoms with E-state index in [1.807, 2.05) is 25.7 Å². The first-order valence-electron chi connectivity index (χ1n) is 17.3. The highest BCUT2D eigenvalue weighted by Gasteiger charge is 2.27. The van der Waals surface area contributed by atoms with Gasteiger partial charge in [0.2, 0.25) is 11.9 Å². The zero-order valence-electron chi connectivity index (χ0n) is 29.3. The molecule has 262 valence electrons. The van der Waals surface area contributed by atoms with Gasteiger partial charge in [0.1, 0.15) is 11.6 Å². The predicted molar refractivity (Wildman–Crippen MR) is 193 cm³/mol. The van der Waals surface area contributed by atoms with E-state index in [2.05, 4.69) is 44.8 Å². The molecule has 0 saturated carbocycles. The monoisotopic (exact) mass is 688 g/mol. The van der Waals surface area contributed by atoms with Crippen LogP contribution < -0.4 is 15.4 Å². The van der Waals surface area contributed by atoms with Gasteiger partial charge in [-0.05, 0) is 115 Å². The minimum atomic E-state index is -3.56. The number of sulfone groups is 1. The fraction of sp³-hybridized carbons (Fsp3) is 0.500. The summed E-state index contributed by atoms with van der Waals surface area (Å²) in [6.07, 6.45) is 3.71. The molecule has 0 aliphatic carbocycles. The van der Waals surface area contributed by atoms with Crippen LogP contribution >= 0.6 is 0 Å². The van der Waals surface area contributed by atoms with E-state index in [0.717, 1.165) is 63.2 Å². The maximum atomic E-state index is 13.2. The van der Waals surface area contributed by atoms with Crippen molar-refractivity contribution in [3.05, 3.63) is 53.2 Å². The van der Waals surface area contributed by atoms with Crippen LogP contribution in [0.1, 0.15) is 76.1 Å². The molecule has 0 spiro atoms. The van der Waals surface area contributed by atoms with E-state index in [4.69, 9.17) is 14.7 Å². The van der Waals surface area contributed by atoms with Crippen LogP contribution in [0, 0.1) is 13.8 Å². The highest BCUT2D eigenvalue weighted by atomic mass is 32.2. The molecule has 2 fully saturated rings. The third kappa shape index (κ3) is 7.52. The number of carbonyl (C=O) groups excluding carboxylic acids is 1. The van der Waals surface area contributed by atoms with E-state index in [9.17, 15) is 13.2 Å². The quantitative estimate of drug-likeness (QED) is 0.157. The van der Waals surface area contributed by atoms with E-state index in [1.54, 1.807) is 38.1 Å². The van der Waals surface area contributed by atoms with Crippen LogP contribution in [-0.4, -0.2) is 88.4 Å². The lowest BCUT2D eigenvalue weighted by Gasteiger charge is -2.35. The summed E-state index contributed by atoms with van der Waals surface area (Å²) < 4.78 is 32.8. The van der Waals surface area contributed by atoms with E-state index in [-0.39, 0.29) is 16.9 Å². The molecule has 2 aromatic heterocycles. The Labute approximate surface area is 289 Å². The van der Waals surface area contributed by atoms with Crippen molar-refractivity contribution in [1.29, 1.82) is 0 Å². The number of hydrogen-bond acceptors (Lipinski definition) is 10. The first-order valence-corrected chi connectivity index (χ1v) is 18.9. The van der Waals surface area contributed by atoms with Crippen LogP contribution in [0.3, 0.4) is 0 Å². The lowest BCUT2D eigenvalue weighted by molar-refractivity contribution is -0.135. The number of anilines is 4. The first-order chi connectivity index (χ1) is 23.4. The minimum absolute atomic E-state index is 0.0582. The van der Waals surface area contributed by atoms with Crippen molar-refractivity contribution in [3.8, 4) is 5.75 Å². The zero-order chi connectivity index (χ0) is 34.9. The van der Waals surface area contributed by atoms with E-state index >= 15 is 0 Å². The van der Waals surface area contributed by atoms with Gasteiger partial charge in [-0.1, -0.05) is 12.1 Å². The average molecular weight is 689 g/mol. The molecule has 1 amide bonds. The molecular weight excluding hydrogens is 641 g/mol. The van der Waals surface area contributed by atoms with Gasteiger partial charge in [0.05, 0.1) is 38.7 Å². The lowest BCUT2D eigenvalue weighted by Crippen LogP contribution is -2.44. The number of aryl methyl sites for hydroxylation is 2. The molecule has 2 aromatic carbocycles. The predicted octanol–water partition coefficient (Wildman–Crippen LogP) is 6.23. The van der Waals surface area contributed by atoms with Gasteiger partial charge in [0.25, 0.3) is 0 Å². The smallest absolute Gasteiger partial charge is 0.231 e. The van der Waals surface area contributed by atoms with Gasteiger partial charge < -0.3 is 25.2 Å². The topological polar surface area (TPSA) is 145 Å². The summed E-state index contributed by atoms with van der Waals surface area (Å²) in [5, 5.41) is 14.1. The van der Waals surface area contributed by atoms with Crippen molar-refractivity contribution >= 4 is 49.9 Å². The number of likely N-dealkylation sites (tertiary alicyclic amines) is 2. The second-order valence-electron chi connectivity index (χ2n) is 13.7. The average Bonchev–Trinajstić information content (AvgIpc) is 3.41. The number of rotatable bonds is 12. The number of piperidine rings is 1. The van der Waals surface area contributed by atoms with E-state index in [1.165, 1.54) is 5.56 Å². The normalized spacial score (nSPS) is 16.0. The molecule has 3 N–H and O–H groups in total. The van der Waals surface area contributed by atoms with E-state index < -0.39 is 15.1 Å². The summed E-state index contributed by atoms with van der Waals surface area (Å²) >= 11 is 0. The fourth-order valence-electron chi connectivity index (χ4n) is 6.58. The van der Waals surface area contributed by atoms with Gasteiger partial charge in [0.15, 0.2) is 15.5 Å². The second-order valence-corrected chi connectivity index (χ2v) is 16.2. The molecule has 12 nitrogen and oxygen atoms in total. The number of nitrogens with zero attached hydrogens (tertiary/aromatic N) is 5. The van der Waals surface area contributed by atoms with Crippen molar-refractivity contribution in [2.45, 2.75) is 89.4 Å². The van der Waals surface area contributed by atoms with Crippen molar-refractivity contribution in [3.63, 3.8) is 0 Å². The van der Waals surface area contributed by atoms with Crippen LogP contribution in [0.5, 0.6) is 5.75 Å². The number of benzene rings is 2. The molecule has 4 heterocycles. The van der Waals surface area contributed by atoms with Crippen LogP contribution in [-0.2, 0) is 14.6 Å². The van der Waals surface area contributed by atoms with Gasteiger partial charge >= 0.3 is 0 Å². The highest BCUT2D eigenvalue weighted by Crippen LogP contribution is 2.39. The Balaban J connectivity index is 1.25. The summed E-state index contributed by atoms with van der Waals surface area (Å²) in [5.74, 6) is 2.13. The Morgan fingerprint density at radius 3 is 2.41 bits per heavy atom. The summed E-state index contributed by atoms with van der Waals surface area (Å²) in [6.45, 7) is 15.9. The van der Waals surface area contributed by atoms with Crippen molar-refractivity contribution in [1.82, 2.24) is 30.0 Å². The number of H-pyrrole nitrogens is 1. The molecule has 0 bridgehead atoms. The molecule has 2 aliphatic heterocycles. The fourth-order valence-corrected chi connectivity index (χ4v) is 7.78. The Bertz CT molecular complexity index is 1930. The third-order valence-electron chi connectivity index (χ3n) is 9.52. The van der Waals surface area contributed by atoms with Crippen LogP contribution in [0.15, 0.2) is 41.3 Å². The maximum absolute atomic E-state index is 13.2. The van der Waals surface area contributed by atoms with Gasteiger partial charge in [-0.3, -0.25) is 9.89 Å². The summed E-state index contributed by atoms with van der Waals surface area (Å²) in [4.78, 5) is 26.5. The highest BCUT2D eigenvalue weighted by molar-refractivity contribution is 7.92. The number of carbonyl (C=O) groups is 1. The molecule has 0 unspecified atom stereocenters. The number of amides is 1. The summed E-state index contributed by atoms with van der Waals surface area (Å²) in [6, 6.07) is 11.1. The number of nitrogens with one attached hydrogen (secondary N) is 3. The molecule has 2 saturated heterocycles. The molecule has 13 heteroatoms. The number of para-hydroxylation sites is 1. The Morgan fingerprint density at radius 2 is 1.73 bits per heavy atom. The molecule has 2 aliphatic rings. The summed E-state index contributed by atoms with van der Waals surface area (Å²) in [7, 11) is -3.56. The van der Waals surface area contributed by atoms with Crippen molar-refractivity contribution < 1.29 is 17.9 Å². The van der Waals surface area contributed by atoms with Gasteiger partial charge in [-0.2, -0.15) is 15.1 Å². The number of aromatic amines is 1. The number of hydrogen-bond donors (Lipinski definition) is 3. The summed E-state index contributed by atoms with van der Waals surface area (Å²) in [5.41, 5.74) is 4.78. The number of ether oxygens (including phenoxy) is 1. The number of fused-ring (bicyclic) bond motifs is 1. The largest absolute Gasteiger partial charge is 0.489 e. The third-order valence-corrected chi connectivity index (χ3v) is 11.7. The molecule has 6 rings (SSSR count). The lowest BCUT2D eigenvalue weighted by atomic mass is 9.86. The Kier molecular flexibility index (Phi) is 10.1. The Morgan fingerprint density at radius 1 is 1.00 bits per heavy atom. The zero-order valence-corrected chi connectivity index (χ0v) is 30.2. The van der Waals surface area contributed by atoms with Crippen LogP contribution in [0.4, 0.5) is 23.1 Å². The SMILES string of the molecule is Cc1cc(Nc2nc(Nc3ccccc3S(=O)(=O)C(C)C)c3c(C)n[nH]c3n2)c(OC(C)C)cc1C1CCN(CCC(=O)N2CCC2)CC1. The molecule has 0 atom stereocenters. The van der Waals surface area contributed by atoms with Crippen molar-refractivity contribution in [2.75, 3.05) is 43.4 Å². The Hall–Kier alpha value is -4.23. The van der Waals surface area contributed by atoms with Crippen LogP contribution in [0.2, 0.25) is 0 Å². The second kappa shape index (κ2) is 14.3. The van der Waals surface area contributed by atoms with Crippen LogP contribution in [0.25, 0.3) is 11.0 Å². The van der Waals surface area contributed by atoms with Crippen molar-refractivity contribution in [2.24, 2.45) is 0 Å². The molecular formula is C36H48N8O4S. The number of aromatic nitrogens is 4. The minimum Gasteiger partial charge on any atom is -0.489 e. The molecule has 4 aromatic rings.